The lowest BCUT2D eigenvalue weighted by atomic mass is 10.1. The number of carbonyl (C=O) groups is 1. The number of aryl methyl sites for hydroxylation is 1. The smallest absolute Gasteiger partial charge is 0.342 e. The van der Waals surface area contributed by atoms with Gasteiger partial charge in [-0.25, -0.2) is 14.2 Å². The second-order valence-corrected chi connectivity index (χ2v) is 6.47. The summed E-state index contributed by atoms with van der Waals surface area (Å²) in [5.74, 6) is -0.547. The maximum absolute atomic E-state index is 13.7. The van der Waals surface area contributed by atoms with E-state index in [1.165, 1.54) is 6.07 Å². The SMILES string of the molecule is CCCOc1cc(N=CN(C)CC)c(C)cc1C(=O)OCc1ccccc1F. The number of hydrogen-bond donors (Lipinski definition) is 0. The van der Waals surface area contributed by atoms with Gasteiger partial charge in [-0.15, -0.1) is 0 Å². The van der Waals surface area contributed by atoms with Gasteiger partial charge in [0.05, 0.1) is 18.6 Å². The number of ether oxygens (including phenoxy) is 2. The highest BCUT2D eigenvalue weighted by molar-refractivity contribution is 5.93. The summed E-state index contributed by atoms with van der Waals surface area (Å²) in [5.41, 5.74) is 2.18. The highest BCUT2D eigenvalue weighted by atomic mass is 19.1. The van der Waals surface area contributed by atoms with Crippen LogP contribution >= 0.6 is 0 Å². The average Bonchev–Trinajstić information content (AvgIpc) is 2.70. The van der Waals surface area contributed by atoms with Crippen LogP contribution in [0.25, 0.3) is 0 Å². The van der Waals surface area contributed by atoms with E-state index in [0.29, 0.717) is 23.5 Å². The van der Waals surface area contributed by atoms with Crippen LogP contribution in [0.3, 0.4) is 0 Å². The lowest BCUT2D eigenvalue weighted by Gasteiger charge is -2.14. The topological polar surface area (TPSA) is 51.1 Å². The Morgan fingerprint density at radius 1 is 1.25 bits per heavy atom. The molecule has 0 heterocycles. The fraction of sp³-hybridized carbons (Fsp3) is 0.364. The molecule has 5 nitrogen and oxygen atoms in total. The number of rotatable bonds is 9. The van der Waals surface area contributed by atoms with Gasteiger partial charge in [0.2, 0.25) is 0 Å². The molecule has 0 spiro atoms. The first-order valence-electron chi connectivity index (χ1n) is 9.38. The predicted molar refractivity (Wildman–Crippen MR) is 109 cm³/mol. The third-order valence-corrected chi connectivity index (χ3v) is 4.19. The van der Waals surface area contributed by atoms with Crippen LogP contribution in [0.2, 0.25) is 0 Å². The molecule has 0 radical (unpaired) electrons. The number of halogens is 1. The van der Waals surface area contributed by atoms with E-state index in [0.717, 1.165) is 24.2 Å². The van der Waals surface area contributed by atoms with Crippen molar-refractivity contribution in [3.63, 3.8) is 0 Å². The normalized spacial score (nSPS) is 10.9. The lowest BCUT2D eigenvalue weighted by molar-refractivity contribution is 0.0464. The van der Waals surface area contributed by atoms with Crippen molar-refractivity contribution in [2.45, 2.75) is 33.8 Å². The summed E-state index contributed by atoms with van der Waals surface area (Å²) in [6.45, 7) is 7.05. The van der Waals surface area contributed by atoms with E-state index in [9.17, 15) is 9.18 Å². The summed E-state index contributed by atoms with van der Waals surface area (Å²) in [6, 6.07) is 9.66. The van der Waals surface area contributed by atoms with Gasteiger partial charge in [0.25, 0.3) is 0 Å². The lowest BCUT2D eigenvalue weighted by Crippen LogP contribution is -2.14. The summed E-state index contributed by atoms with van der Waals surface area (Å²) < 4.78 is 24.8. The molecule has 0 aliphatic heterocycles. The van der Waals surface area contributed by atoms with Gasteiger partial charge >= 0.3 is 5.97 Å². The van der Waals surface area contributed by atoms with Gasteiger partial charge in [-0.1, -0.05) is 25.1 Å². The molecule has 0 aliphatic carbocycles. The molecule has 0 atom stereocenters. The van der Waals surface area contributed by atoms with Gasteiger partial charge in [0.1, 0.15) is 23.7 Å². The van der Waals surface area contributed by atoms with Crippen LogP contribution in [-0.4, -0.2) is 37.4 Å². The summed E-state index contributed by atoms with van der Waals surface area (Å²) >= 11 is 0. The Kier molecular flexibility index (Phi) is 7.99. The first kappa shape index (κ1) is 21.4. The van der Waals surface area contributed by atoms with Crippen molar-refractivity contribution < 1.29 is 18.7 Å². The highest BCUT2D eigenvalue weighted by Crippen LogP contribution is 2.30. The predicted octanol–water partition coefficient (Wildman–Crippen LogP) is 4.89. The van der Waals surface area contributed by atoms with Crippen LogP contribution in [0.1, 0.15) is 41.8 Å². The Hall–Kier alpha value is -2.89. The zero-order chi connectivity index (χ0) is 20.5. The van der Waals surface area contributed by atoms with Crippen LogP contribution in [0.15, 0.2) is 41.4 Å². The number of aliphatic imine (C=N–C) groups is 1. The maximum Gasteiger partial charge on any atom is 0.342 e. The van der Waals surface area contributed by atoms with E-state index in [-0.39, 0.29) is 6.61 Å². The van der Waals surface area contributed by atoms with Gasteiger partial charge in [-0.2, -0.15) is 0 Å². The van der Waals surface area contributed by atoms with E-state index in [1.54, 1.807) is 36.7 Å². The molecule has 0 aromatic heterocycles. The molecule has 28 heavy (non-hydrogen) atoms. The van der Waals surface area contributed by atoms with Crippen molar-refractivity contribution in [2.24, 2.45) is 4.99 Å². The first-order valence-corrected chi connectivity index (χ1v) is 9.38. The molecule has 150 valence electrons. The molecule has 0 saturated carbocycles. The van der Waals surface area contributed by atoms with Crippen molar-refractivity contribution in [3.05, 3.63) is 58.9 Å². The largest absolute Gasteiger partial charge is 0.493 e. The highest BCUT2D eigenvalue weighted by Gasteiger charge is 2.18. The van der Waals surface area contributed by atoms with Crippen molar-refractivity contribution in [1.82, 2.24) is 4.90 Å². The zero-order valence-corrected chi connectivity index (χ0v) is 16.9. The maximum atomic E-state index is 13.7. The first-order chi connectivity index (χ1) is 13.5. The molecule has 2 rings (SSSR count). The molecular weight excluding hydrogens is 359 g/mol. The molecule has 0 saturated heterocycles. The third kappa shape index (κ3) is 5.81. The number of esters is 1. The fourth-order valence-corrected chi connectivity index (χ4v) is 2.39. The molecular formula is C22H27FN2O3. The van der Waals surface area contributed by atoms with Crippen LogP contribution in [0.4, 0.5) is 10.1 Å². The number of hydrogen-bond acceptors (Lipinski definition) is 4. The second kappa shape index (κ2) is 10.4. The second-order valence-electron chi connectivity index (χ2n) is 6.47. The summed E-state index contributed by atoms with van der Waals surface area (Å²) in [4.78, 5) is 19.0. The van der Waals surface area contributed by atoms with Gasteiger partial charge in [-0.05, 0) is 38.0 Å². The minimum absolute atomic E-state index is 0.140. The standard InChI is InChI=1S/C22H27FN2O3/c1-5-11-27-21-13-20(24-15-25(4)6-2)16(3)12-18(21)22(26)28-14-17-9-7-8-10-19(17)23/h7-10,12-13,15H,5-6,11,14H2,1-4H3. The van der Waals surface area contributed by atoms with Gasteiger partial charge in [-0.3, -0.25) is 0 Å². The third-order valence-electron chi connectivity index (χ3n) is 4.19. The summed E-state index contributed by atoms with van der Waals surface area (Å²) in [6.07, 6.45) is 2.54. The number of benzene rings is 2. The monoisotopic (exact) mass is 386 g/mol. The molecule has 0 unspecified atom stereocenters. The van der Waals surface area contributed by atoms with Crippen LogP contribution in [0.5, 0.6) is 5.75 Å². The van der Waals surface area contributed by atoms with Crippen LogP contribution in [-0.2, 0) is 11.3 Å². The summed E-state index contributed by atoms with van der Waals surface area (Å²) in [5, 5.41) is 0. The number of nitrogens with zero attached hydrogens (tertiary/aromatic N) is 2. The van der Waals surface area contributed by atoms with Gasteiger partial charge < -0.3 is 14.4 Å². The Bertz CT molecular complexity index is 837. The van der Waals surface area contributed by atoms with E-state index in [2.05, 4.69) is 4.99 Å². The van der Waals surface area contributed by atoms with Crippen LogP contribution < -0.4 is 4.74 Å². The molecule has 6 heteroatoms. The molecule has 2 aromatic rings. The Balaban J connectivity index is 2.25. The minimum Gasteiger partial charge on any atom is -0.493 e. The van der Waals surface area contributed by atoms with Crippen molar-refractivity contribution in [2.75, 3.05) is 20.2 Å². The Morgan fingerprint density at radius 2 is 2.00 bits per heavy atom. The van der Waals surface area contributed by atoms with Crippen LogP contribution in [0, 0.1) is 12.7 Å². The van der Waals surface area contributed by atoms with Crippen molar-refractivity contribution in [1.29, 1.82) is 0 Å². The Labute approximate surface area is 165 Å². The fourth-order valence-electron chi connectivity index (χ4n) is 2.39. The van der Waals surface area contributed by atoms with Gasteiger partial charge in [0.15, 0.2) is 0 Å². The minimum atomic E-state index is -0.557. The van der Waals surface area contributed by atoms with Crippen molar-refractivity contribution in [3.8, 4) is 5.75 Å². The Morgan fingerprint density at radius 3 is 2.68 bits per heavy atom. The molecule has 0 N–H and O–H groups in total. The van der Waals surface area contributed by atoms with E-state index >= 15 is 0 Å². The van der Waals surface area contributed by atoms with Crippen molar-refractivity contribution >= 4 is 18.0 Å². The number of carbonyl (C=O) groups excluding carboxylic acids is 1. The molecule has 0 fully saturated rings. The molecule has 0 amide bonds. The summed E-state index contributed by atoms with van der Waals surface area (Å²) in [7, 11) is 1.93. The van der Waals surface area contributed by atoms with E-state index in [4.69, 9.17) is 9.47 Å². The zero-order valence-electron chi connectivity index (χ0n) is 16.9. The quantitative estimate of drug-likeness (QED) is 0.350. The molecule has 0 aliphatic rings. The molecule has 0 bridgehead atoms. The van der Waals surface area contributed by atoms with Gasteiger partial charge in [0, 0.05) is 25.2 Å². The average molecular weight is 386 g/mol. The molecule has 2 aromatic carbocycles. The van der Waals surface area contributed by atoms with E-state index < -0.39 is 11.8 Å². The van der Waals surface area contributed by atoms with E-state index in [1.807, 2.05) is 32.7 Å².